The van der Waals surface area contributed by atoms with Gasteiger partial charge in [0.15, 0.2) is 0 Å². The first kappa shape index (κ1) is 22.0. The number of methoxy groups -OCH3 is 1. The Bertz CT molecular complexity index is 1040. The number of likely N-dealkylation sites (tertiary alicyclic amines) is 1. The zero-order chi connectivity index (χ0) is 22.4. The summed E-state index contributed by atoms with van der Waals surface area (Å²) in [6.45, 7) is 2.50. The van der Waals surface area contributed by atoms with Crippen molar-refractivity contribution in [2.75, 3.05) is 27.2 Å². The third kappa shape index (κ3) is 4.83. The van der Waals surface area contributed by atoms with E-state index < -0.39 is 5.41 Å². The van der Waals surface area contributed by atoms with Crippen molar-refractivity contribution in [1.29, 1.82) is 0 Å². The van der Waals surface area contributed by atoms with Gasteiger partial charge in [-0.05, 0) is 60.7 Å². The van der Waals surface area contributed by atoms with Gasteiger partial charge in [-0.2, -0.15) is 0 Å². The van der Waals surface area contributed by atoms with Crippen molar-refractivity contribution in [2.24, 2.45) is 5.41 Å². The molecule has 0 spiro atoms. The van der Waals surface area contributed by atoms with Crippen molar-refractivity contribution in [3.63, 3.8) is 0 Å². The molecule has 1 amide bonds. The van der Waals surface area contributed by atoms with E-state index in [4.69, 9.17) is 4.74 Å². The number of amides is 1. The molecule has 1 aromatic heterocycles. The van der Waals surface area contributed by atoms with Gasteiger partial charge in [-0.15, -0.1) is 0 Å². The molecule has 1 aliphatic heterocycles. The summed E-state index contributed by atoms with van der Waals surface area (Å²) in [6.07, 6.45) is 6.23. The number of ether oxygens (including phenoxy) is 1. The monoisotopic (exact) mass is 429 g/mol. The Labute approximate surface area is 190 Å². The number of carbonyl (C=O) groups excluding carboxylic acids is 1. The van der Waals surface area contributed by atoms with Gasteiger partial charge in [0, 0.05) is 38.1 Å². The lowest BCUT2D eigenvalue weighted by Crippen LogP contribution is -2.52. The third-order valence-electron chi connectivity index (χ3n) is 6.46. The lowest BCUT2D eigenvalue weighted by molar-refractivity contribution is -0.134. The zero-order valence-electron chi connectivity index (χ0n) is 18.9. The van der Waals surface area contributed by atoms with Crippen LogP contribution >= 0.6 is 0 Å². The molecule has 2 aromatic carbocycles. The molecule has 32 heavy (non-hydrogen) atoms. The molecule has 1 atom stereocenters. The molecule has 0 saturated carbocycles. The predicted molar refractivity (Wildman–Crippen MR) is 127 cm³/mol. The van der Waals surface area contributed by atoms with Gasteiger partial charge >= 0.3 is 0 Å². The Hall–Kier alpha value is -3.18. The van der Waals surface area contributed by atoms with E-state index in [-0.39, 0.29) is 5.91 Å². The second kappa shape index (κ2) is 9.96. The van der Waals surface area contributed by atoms with Crippen molar-refractivity contribution < 1.29 is 9.53 Å². The maximum absolute atomic E-state index is 13.1. The lowest BCUT2D eigenvalue weighted by Gasteiger charge is -2.42. The number of benzene rings is 2. The molecule has 0 bridgehead atoms. The second-order valence-corrected chi connectivity index (χ2v) is 8.60. The maximum atomic E-state index is 13.1. The van der Waals surface area contributed by atoms with Crippen LogP contribution in [0.4, 0.5) is 0 Å². The average Bonchev–Trinajstić information content (AvgIpc) is 2.85. The minimum atomic E-state index is -0.437. The normalized spacial score (nSPS) is 18.8. The quantitative estimate of drug-likeness (QED) is 0.607. The highest BCUT2D eigenvalue weighted by Crippen LogP contribution is 2.36. The molecule has 2 heterocycles. The van der Waals surface area contributed by atoms with Crippen LogP contribution < -0.4 is 10.1 Å². The van der Waals surface area contributed by atoms with E-state index in [9.17, 15) is 4.79 Å². The smallest absolute Gasteiger partial charge is 0.227 e. The van der Waals surface area contributed by atoms with E-state index in [1.807, 2.05) is 42.7 Å². The van der Waals surface area contributed by atoms with Crippen molar-refractivity contribution >= 4 is 5.91 Å². The summed E-state index contributed by atoms with van der Waals surface area (Å²) < 4.78 is 5.54. The number of para-hydroxylation sites is 1. The summed E-state index contributed by atoms with van der Waals surface area (Å²) in [7, 11) is 3.45. The molecule has 0 aliphatic carbocycles. The molecule has 1 saturated heterocycles. The van der Waals surface area contributed by atoms with Gasteiger partial charge in [-0.3, -0.25) is 14.7 Å². The molecule has 3 aromatic rings. The van der Waals surface area contributed by atoms with E-state index in [0.29, 0.717) is 0 Å². The van der Waals surface area contributed by atoms with E-state index in [1.165, 1.54) is 5.56 Å². The zero-order valence-corrected chi connectivity index (χ0v) is 18.9. The number of carbonyl (C=O) groups is 1. The Morgan fingerprint density at radius 1 is 1.06 bits per heavy atom. The van der Waals surface area contributed by atoms with Crippen molar-refractivity contribution in [1.82, 2.24) is 15.2 Å². The van der Waals surface area contributed by atoms with Crippen molar-refractivity contribution in [3.05, 3.63) is 84.2 Å². The van der Waals surface area contributed by atoms with Crippen LogP contribution in [0.5, 0.6) is 5.75 Å². The van der Waals surface area contributed by atoms with Crippen molar-refractivity contribution in [2.45, 2.75) is 25.8 Å². The Kier molecular flexibility index (Phi) is 6.86. The van der Waals surface area contributed by atoms with Gasteiger partial charge in [-0.1, -0.05) is 42.5 Å². The molecule has 1 aliphatic rings. The minimum absolute atomic E-state index is 0.125. The molecule has 1 unspecified atom stereocenters. The summed E-state index contributed by atoms with van der Waals surface area (Å²) in [5, 5.41) is 2.94. The first-order valence-corrected chi connectivity index (χ1v) is 11.2. The van der Waals surface area contributed by atoms with Gasteiger partial charge in [0.05, 0.1) is 12.5 Å². The predicted octanol–water partition coefficient (Wildman–Crippen LogP) is 4.33. The molecule has 1 N–H and O–H groups in total. The number of hydrogen-bond acceptors (Lipinski definition) is 4. The Balaban J connectivity index is 1.53. The number of nitrogens with zero attached hydrogens (tertiary/aromatic N) is 2. The number of aromatic nitrogens is 1. The number of pyridine rings is 1. The van der Waals surface area contributed by atoms with Crippen LogP contribution in [-0.2, 0) is 17.8 Å². The van der Waals surface area contributed by atoms with Crippen LogP contribution in [0.15, 0.2) is 73.1 Å². The van der Waals surface area contributed by atoms with E-state index in [2.05, 4.69) is 45.5 Å². The van der Waals surface area contributed by atoms with Crippen LogP contribution in [0.3, 0.4) is 0 Å². The SMILES string of the molecule is CNC(=O)C1(Cc2ccc(-c3ccncc3)cc2)CCCN(Cc2ccccc2OC)C1. The van der Waals surface area contributed by atoms with Crippen LogP contribution in [0.2, 0.25) is 0 Å². The molecular weight excluding hydrogens is 398 g/mol. The largest absolute Gasteiger partial charge is 0.496 e. The van der Waals surface area contributed by atoms with Gasteiger partial charge in [0.2, 0.25) is 5.91 Å². The number of nitrogens with one attached hydrogen (secondary N) is 1. The van der Waals surface area contributed by atoms with Crippen LogP contribution in [0, 0.1) is 5.41 Å². The molecule has 1 fully saturated rings. The third-order valence-corrected chi connectivity index (χ3v) is 6.46. The van der Waals surface area contributed by atoms with Crippen LogP contribution in [-0.4, -0.2) is 43.0 Å². The summed E-state index contributed by atoms with van der Waals surface area (Å²) in [5.74, 6) is 1.02. The number of piperidine rings is 1. The standard InChI is InChI=1S/C27H31N3O2/c1-28-26(31)27(18-21-8-10-22(11-9-21)23-12-15-29-16-13-23)14-5-17-30(20-27)19-24-6-3-4-7-25(24)32-2/h3-4,6-13,15-16H,5,14,17-20H2,1-2H3,(H,28,31). The molecule has 4 rings (SSSR count). The fourth-order valence-electron chi connectivity index (χ4n) is 4.86. The van der Waals surface area contributed by atoms with Crippen LogP contribution in [0.25, 0.3) is 11.1 Å². The molecule has 0 radical (unpaired) electrons. The van der Waals surface area contributed by atoms with Gasteiger partial charge in [0.1, 0.15) is 5.75 Å². The van der Waals surface area contributed by atoms with Gasteiger partial charge in [0.25, 0.3) is 0 Å². The summed E-state index contributed by atoms with van der Waals surface area (Å²) in [5.41, 5.74) is 4.21. The molecule has 5 nitrogen and oxygen atoms in total. The summed E-state index contributed by atoms with van der Waals surface area (Å²) in [4.78, 5) is 19.6. The second-order valence-electron chi connectivity index (χ2n) is 8.60. The molecule has 166 valence electrons. The first-order chi connectivity index (χ1) is 15.6. The van der Waals surface area contributed by atoms with Crippen LogP contribution in [0.1, 0.15) is 24.0 Å². The van der Waals surface area contributed by atoms with Gasteiger partial charge in [-0.25, -0.2) is 0 Å². The Morgan fingerprint density at radius 2 is 1.78 bits per heavy atom. The summed E-state index contributed by atoms with van der Waals surface area (Å²) in [6, 6.07) is 20.7. The summed E-state index contributed by atoms with van der Waals surface area (Å²) >= 11 is 0. The van der Waals surface area contributed by atoms with E-state index in [1.54, 1.807) is 14.2 Å². The highest BCUT2D eigenvalue weighted by Gasteiger charge is 2.41. The number of hydrogen-bond donors (Lipinski definition) is 1. The van der Waals surface area contributed by atoms with E-state index in [0.717, 1.165) is 61.3 Å². The Morgan fingerprint density at radius 3 is 2.50 bits per heavy atom. The van der Waals surface area contributed by atoms with Gasteiger partial charge < -0.3 is 10.1 Å². The molecular formula is C27H31N3O2. The van der Waals surface area contributed by atoms with E-state index >= 15 is 0 Å². The van der Waals surface area contributed by atoms with Crippen molar-refractivity contribution in [3.8, 4) is 16.9 Å². The highest BCUT2D eigenvalue weighted by molar-refractivity contribution is 5.83. The maximum Gasteiger partial charge on any atom is 0.227 e. The average molecular weight is 430 g/mol. The number of rotatable bonds is 7. The molecule has 5 heteroatoms. The lowest BCUT2D eigenvalue weighted by atomic mass is 9.74. The minimum Gasteiger partial charge on any atom is -0.496 e. The highest BCUT2D eigenvalue weighted by atomic mass is 16.5. The fraction of sp³-hybridized carbons (Fsp3) is 0.333. The fourth-order valence-corrected chi connectivity index (χ4v) is 4.86. The topological polar surface area (TPSA) is 54.5 Å². The first-order valence-electron chi connectivity index (χ1n) is 11.2.